The number of amides is 3. The summed E-state index contributed by atoms with van der Waals surface area (Å²) in [5.41, 5.74) is 1.74. The minimum Gasteiger partial charge on any atom is -0.324 e. The number of likely N-dealkylation sites (tertiary alicyclic amines) is 1. The summed E-state index contributed by atoms with van der Waals surface area (Å²) in [6.07, 6.45) is 3.88. The van der Waals surface area contributed by atoms with E-state index in [1.54, 1.807) is 0 Å². The number of fused-ring (bicyclic) bond motifs is 5. The van der Waals surface area contributed by atoms with E-state index in [9.17, 15) is 14.4 Å². The highest BCUT2D eigenvalue weighted by Crippen LogP contribution is 2.56. The Morgan fingerprint density at radius 3 is 2.44 bits per heavy atom. The highest BCUT2D eigenvalue weighted by Gasteiger charge is 2.60. The van der Waals surface area contributed by atoms with Crippen LogP contribution in [0.3, 0.4) is 0 Å². The van der Waals surface area contributed by atoms with Gasteiger partial charge in [0, 0.05) is 10.2 Å². The van der Waals surface area contributed by atoms with Gasteiger partial charge in [-0.3, -0.25) is 19.3 Å². The first-order valence-corrected chi connectivity index (χ1v) is 9.72. The summed E-state index contributed by atoms with van der Waals surface area (Å²) in [5.74, 6) is -0.231. The second-order valence-corrected chi connectivity index (χ2v) is 8.27. The first-order valence-electron chi connectivity index (χ1n) is 8.93. The van der Waals surface area contributed by atoms with Crippen LogP contribution < -0.4 is 5.32 Å². The minimum absolute atomic E-state index is 0.135. The molecule has 1 aromatic carbocycles. The molecule has 3 aliphatic rings. The van der Waals surface area contributed by atoms with Crippen molar-refractivity contribution in [3.05, 3.63) is 28.2 Å². The summed E-state index contributed by atoms with van der Waals surface area (Å²) in [5, 5.41) is 2.85. The van der Waals surface area contributed by atoms with Crippen LogP contribution in [0.2, 0.25) is 0 Å². The van der Waals surface area contributed by atoms with E-state index in [0.717, 1.165) is 41.4 Å². The Morgan fingerprint density at radius 2 is 1.84 bits per heavy atom. The summed E-state index contributed by atoms with van der Waals surface area (Å²) < 4.78 is 0.954. The smallest absolute Gasteiger partial charge is 0.244 e. The quantitative estimate of drug-likeness (QED) is 0.784. The number of carbonyl (C=O) groups is 3. The van der Waals surface area contributed by atoms with E-state index >= 15 is 0 Å². The standard InChI is InChI=1S/C19H21BrN2O3/c1-2-10-8-13(20)5-6-14(10)21-15(23)9-22-18(24)16-11-3-4-12(7-11)17(16)19(22)25/h5-6,8,11-12,16-17H,2-4,7,9H2,1H3,(H,21,23)/t11-,12-,16-,17-/m0/s1. The van der Waals surface area contributed by atoms with Crippen LogP contribution in [0, 0.1) is 23.7 Å². The SMILES string of the molecule is CCc1cc(Br)ccc1NC(=O)CN1C(=O)[C@H]2[C@H]3CC[C@@H](C3)[C@@H]2C1=O. The number of halogens is 1. The molecule has 25 heavy (non-hydrogen) atoms. The zero-order valence-corrected chi connectivity index (χ0v) is 15.7. The number of imide groups is 1. The topological polar surface area (TPSA) is 66.5 Å². The van der Waals surface area contributed by atoms with Crippen molar-refractivity contribution in [2.24, 2.45) is 23.7 Å². The van der Waals surface area contributed by atoms with Crippen LogP contribution in [0.5, 0.6) is 0 Å². The molecule has 0 unspecified atom stereocenters. The summed E-state index contributed by atoms with van der Waals surface area (Å²) in [7, 11) is 0. The molecule has 4 atom stereocenters. The summed E-state index contributed by atoms with van der Waals surface area (Å²) in [6, 6.07) is 5.66. The fourth-order valence-electron chi connectivity index (χ4n) is 4.94. The number of hydrogen-bond donors (Lipinski definition) is 1. The number of hydrogen-bond acceptors (Lipinski definition) is 3. The molecule has 5 nitrogen and oxygen atoms in total. The molecule has 1 N–H and O–H groups in total. The minimum atomic E-state index is -0.314. The van der Waals surface area contributed by atoms with Crippen molar-refractivity contribution in [2.75, 3.05) is 11.9 Å². The average molecular weight is 405 g/mol. The Hall–Kier alpha value is -1.69. The molecule has 3 fully saturated rings. The van der Waals surface area contributed by atoms with E-state index < -0.39 is 0 Å². The number of nitrogens with zero attached hydrogens (tertiary/aromatic N) is 1. The van der Waals surface area contributed by atoms with Crippen LogP contribution in [-0.4, -0.2) is 29.2 Å². The van der Waals surface area contributed by atoms with Gasteiger partial charge in [-0.05, 0) is 61.3 Å². The molecule has 6 heteroatoms. The molecule has 0 aromatic heterocycles. The van der Waals surface area contributed by atoms with Gasteiger partial charge in [-0.25, -0.2) is 0 Å². The third kappa shape index (κ3) is 2.71. The van der Waals surface area contributed by atoms with Crippen LogP contribution in [0.4, 0.5) is 5.69 Å². The lowest BCUT2D eigenvalue weighted by Crippen LogP contribution is -2.39. The second kappa shape index (κ2) is 6.24. The van der Waals surface area contributed by atoms with Gasteiger partial charge >= 0.3 is 0 Å². The molecule has 0 radical (unpaired) electrons. The van der Waals surface area contributed by atoms with Gasteiger partial charge in [-0.15, -0.1) is 0 Å². The van der Waals surface area contributed by atoms with Crippen molar-refractivity contribution in [3.63, 3.8) is 0 Å². The van der Waals surface area contributed by atoms with Crippen molar-refractivity contribution in [1.29, 1.82) is 0 Å². The van der Waals surface area contributed by atoms with Crippen LogP contribution >= 0.6 is 15.9 Å². The Balaban J connectivity index is 1.47. The maximum absolute atomic E-state index is 12.7. The number of rotatable bonds is 4. The van der Waals surface area contributed by atoms with E-state index in [0.29, 0.717) is 11.8 Å². The normalized spacial score (nSPS) is 30.1. The molecular formula is C19H21BrN2O3. The molecule has 1 heterocycles. The van der Waals surface area contributed by atoms with Crippen LogP contribution in [0.25, 0.3) is 0 Å². The first-order chi connectivity index (χ1) is 12.0. The summed E-state index contributed by atoms with van der Waals surface area (Å²) in [4.78, 5) is 39.0. The Bertz CT molecular complexity index is 735. The van der Waals surface area contributed by atoms with Gasteiger partial charge in [0.25, 0.3) is 0 Å². The molecule has 2 aliphatic carbocycles. The van der Waals surface area contributed by atoms with E-state index in [1.807, 2.05) is 25.1 Å². The van der Waals surface area contributed by atoms with E-state index in [4.69, 9.17) is 0 Å². The van der Waals surface area contributed by atoms with Gasteiger partial charge in [0.2, 0.25) is 17.7 Å². The number of nitrogens with one attached hydrogen (secondary N) is 1. The second-order valence-electron chi connectivity index (χ2n) is 7.35. The largest absolute Gasteiger partial charge is 0.324 e. The molecule has 0 spiro atoms. The van der Waals surface area contributed by atoms with E-state index in [2.05, 4.69) is 21.2 Å². The van der Waals surface area contributed by atoms with E-state index in [-0.39, 0.29) is 36.1 Å². The molecule has 1 aliphatic heterocycles. The predicted octanol–water partition coefficient (Wildman–Crippen LogP) is 2.98. The van der Waals surface area contributed by atoms with E-state index in [1.165, 1.54) is 4.90 Å². The molecule has 2 saturated carbocycles. The van der Waals surface area contributed by atoms with Crippen LogP contribution in [-0.2, 0) is 20.8 Å². The highest BCUT2D eigenvalue weighted by atomic mass is 79.9. The molecule has 4 rings (SSSR count). The van der Waals surface area contributed by atoms with Gasteiger partial charge in [0.1, 0.15) is 6.54 Å². The van der Waals surface area contributed by atoms with Crippen molar-refractivity contribution in [2.45, 2.75) is 32.6 Å². The lowest BCUT2D eigenvalue weighted by Gasteiger charge is -2.19. The molecule has 1 saturated heterocycles. The maximum atomic E-state index is 12.7. The fraction of sp³-hybridized carbons (Fsp3) is 0.526. The number of benzene rings is 1. The van der Waals surface area contributed by atoms with Gasteiger partial charge in [0.05, 0.1) is 11.8 Å². The highest BCUT2D eigenvalue weighted by molar-refractivity contribution is 9.10. The van der Waals surface area contributed by atoms with Crippen molar-refractivity contribution in [1.82, 2.24) is 4.90 Å². The third-order valence-electron chi connectivity index (χ3n) is 6.04. The summed E-state index contributed by atoms with van der Waals surface area (Å²) >= 11 is 3.42. The Morgan fingerprint density at radius 1 is 1.20 bits per heavy atom. The Kier molecular flexibility index (Phi) is 4.18. The maximum Gasteiger partial charge on any atom is 0.244 e. The van der Waals surface area contributed by atoms with Crippen LogP contribution in [0.15, 0.2) is 22.7 Å². The van der Waals surface area contributed by atoms with Crippen molar-refractivity contribution in [3.8, 4) is 0 Å². The number of carbonyl (C=O) groups excluding carboxylic acids is 3. The number of anilines is 1. The molecule has 2 bridgehead atoms. The lowest BCUT2D eigenvalue weighted by molar-refractivity contribution is -0.143. The molecule has 1 aromatic rings. The number of aryl methyl sites for hydroxylation is 1. The molecular weight excluding hydrogens is 384 g/mol. The summed E-state index contributed by atoms with van der Waals surface area (Å²) in [6.45, 7) is 1.84. The molecule has 3 amide bonds. The van der Waals surface area contributed by atoms with Gasteiger partial charge < -0.3 is 5.32 Å². The zero-order chi connectivity index (χ0) is 17.7. The van der Waals surface area contributed by atoms with Crippen molar-refractivity contribution < 1.29 is 14.4 Å². The predicted molar refractivity (Wildman–Crippen MR) is 96.7 cm³/mol. The first kappa shape index (κ1) is 16.8. The fourth-order valence-corrected chi connectivity index (χ4v) is 5.34. The van der Waals surface area contributed by atoms with Crippen LogP contribution in [0.1, 0.15) is 31.7 Å². The van der Waals surface area contributed by atoms with Gasteiger partial charge in [-0.1, -0.05) is 22.9 Å². The zero-order valence-electron chi connectivity index (χ0n) is 14.1. The average Bonchev–Trinajstić information content (AvgIpc) is 3.26. The van der Waals surface area contributed by atoms with Crippen molar-refractivity contribution >= 4 is 39.3 Å². The monoisotopic (exact) mass is 404 g/mol. The third-order valence-corrected chi connectivity index (χ3v) is 6.54. The lowest BCUT2D eigenvalue weighted by atomic mass is 9.81. The van der Waals surface area contributed by atoms with Gasteiger partial charge in [-0.2, -0.15) is 0 Å². The van der Waals surface area contributed by atoms with Gasteiger partial charge in [0.15, 0.2) is 0 Å². The molecule has 132 valence electrons. The Labute approximate surface area is 155 Å².